The highest BCUT2D eigenvalue weighted by Crippen LogP contribution is 2.54. The summed E-state index contributed by atoms with van der Waals surface area (Å²) in [6.45, 7) is 1.75. The minimum absolute atomic E-state index is 0.00723. The lowest BCUT2D eigenvalue weighted by Crippen LogP contribution is -2.42. The van der Waals surface area contributed by atoms with Crippen molar-refractivity contribution < 1.29 is 9.53 Å². The molecule has 1 aromatic carbocycles. The molecule has 1 atom stereocenters. The number of hydrogen-bond acceptors (Lipinski definition) is 6. The van der Waals surface area contributed by atoms with Crippen molar-refractivity contribution in [1.82, 2.24) is 14.8 Å². The molecular formula is C20H13ClN6O2. The van der Waals surface area contributed by atoms with Crippen molar-refractivity contribution >= 4 is 23.2 Å². The summed E-state index contributed by atoms with van der Waals surface area (Å²) in [5, 5.41) is 17.7. The van der Waals surface area contributed by atoms with Crippen LogP contribution in [0.4, 0.5) is 5.69 Å². The van der Waals surface area contributed by atoms with E-state index in [2.05, 4.69) is 21.5 Å². The van der Waals surface area contributed by atoms with Crippen LogP contribution in [-0.4, -0.2) is 20.7 Å². The quantitative estimate of drug-likeness (QED) is 0.643. The normalized spacial score (nSPS) is 19.4. The Balaban J connectivity index is 1.91. The summed E-state index contributed by atoms with van der Waals surface area (Å²) < 4.78 is 7.28. The van der Waals surface area contributed by atoms with Gasteiger partial charge in [0.2, 0.25) is 17.7 Å². The molecule has 2 aliphatic heterocycles. The number of anilines is 1. The first-order chi connectivity index (χ1) is 14.0. The Morgan fingerprint density at radius 1 is 1.34 bits per heavy atom. The number of nitrogens with one attached hydrogen (secondary N) is 1. The Hall–Kier alpha value is -3.83. The summed E-state index contributed by atoms with van der Waals surface area (Å²) in [4.78, 5) is 17.7. The highest BCUT2D eigenvalue weighted by Gasteiger charge is 2.58. The predicted octanol–water partition coefficient (Wildman–Crippen LogP) is 2.55. The van der Waals surface area contributed by atoms with Gasteiger partial charge in [0, 0.05) is 22.5 Å². The van der Waals surface area contributed by atoms with E-state index in [-0.39, 0.29) is 17.3 Å². The Morgan fingerprint density at radius 2 is 2.17 bits per heavy atom. The topological polar surface area (TPSA) is 119 Å². The molecule has 1 spiro atoms. The number of carbonyl (C=O) groups excluding carboxylic acids is 1. The Bertz CT molecular complexity index is 1270. The molecule has 5 rings (SSSR count). The second-order valence-electron chi connectivity index (χ2n) is 6.71. The van der Waals surface area contributed by atoms with E-state index in [1.807, 2.05) is 6.07 Å². The van der Waals surface area contributed by atoms with E-state index >= 15 is 0 Å². The number of benzene rings is 1. The molecule has 1 amide bonds. The van der Waals surface area contributed by atoms with Crippen molar-refractivity contribution in [3.63, 3.8) is 0 Å². The molecule has 3 N–H and O–H groups in total. The maximum Gasteiger partial charge on any atom is 0.245 e. The van der Waals surface area contributed by atoms with Crippen molar-refractivity contribution in [3.8, 4) is 17.8 Å². The number of carbonyl (C=O) groups is 1. The average molecular weight is 405 g/mol. The molecular weight excluding hydrogens is 392 g/mol. The fourth-order valence-electron chi connectivity index (χ4n) is 4.04. The molecule has 0 saturated carbocycles. The van der Waals surface area contributed by atoms with Gasteiger partial charge in [-0.05, 0) is 37.3 Å². The number of hydrogen-bond donors (Lipinski definition) is 2. The third kappa shape index (κ3) is 2.10. The molecule has 0 aliphatic carbocycles. The van der Waals surface area contributed by atoms with Crippen LogP contribution in [-0.2, 0) is 10.2 Å². The molecule has 2 aromatic heterocycles. The monoisotopic (exact) mass is 404 g/mol. The van der Waals surface area contributed by atoms with Crippen LogP contribution in [0.15, 0.2) is 54.1 Å². The molecule has 9 heteroatoms. The van der Waals surface area contributed by atoms with Crippen LogP contribution in [0.1, 0.15) is 16.8 Å². The first-order valence-corrected chi connectivity index (χ1v) is 9.07. The molecule has 8 nitrogen and oxygen atoms in total. The summed E-state index contributed by atoms with van der Waals surface area (Å²) in [7, 11) is 0. The van der Waals surface area contributed by atoms with Gasteiger partial charge in [0.15, 0.2) is 5.82 Å². The van der Waals surface area contributed by atoms with Gasteiger partial charge in [-0.2, -0.15) is 15.0 Å². The minimum atomic E-state index is -1.51. The van der Waals surface area contributed by atoms with E-state index in [1.54, 1.807) is 43.5 Å². The van der Waals surface area contributed by atoms with E-state index in [4.69, 9.17) is 22.1 Å². The van der Waals surface area contributed by atoms with Crippen LogP contribution < -0.4 is 15.8 Å². The van der Waals surface area contributed by atoms with Crippen LogP contribution in [0.25, 0.3) is 5.82 Å². The maximum absolute atomic E-state index is 13.4. The molecule has 0 radical (unpaired) electrons. The van der Waals surface area contributed by atoms with Gasteiger partial charge in [0.1, 0.15) is 17.1 Å². The number of fused-ring (bicyclic) bond motifs is 4. The molecule has 0 fully saturated rings. The van der Waals surface area contributed by atoms with Gasteiger partial charge in [-0.1, -0.05) is 17.7 Å². The fourth-order valence-corrected chi connectivity index (χ4v) is 4.21. The number of nitrogens with two attached hydrogens (primary N) is 1. The third-order valence-corrected chi connectivity index (χ3v) is 5.41. The van der Waals surface area contributed by atoms with E-state index in [1.165, 1.54) is 4.68 Å². The molecule has 0 bridgehead atoms. The molecule has 2 aliphatic rings. The standard InChI is InChI=1S/C20H13ClN6O2/c1-10-16-18(27(26-10)15-4-2-3-7-24-15)29-17(23)13(9-22)20(16)12-8-11(21)5-6-14(12)25-19(20)28/h2-8H,23H2,1H3,(H,25,28). The summed E-state index contributed by atoms with van der Waals surface area (Å²) in [5.41, 5.74) is 6.64. The first kappa shape index (κ1) is 17.3. The van der Waals surface area contributed by atoms with Gasteiger partial charge in [0.25, 0.3) is 0 Å². The molecule has 3 aromatic rings. The predicted molar refractivity (Wildman–Crippen MR) is 104 cm³/mol. The lowest BCUT2D eigenvalue weighted by atomic mass is 9.69. The molecule has 29 heavy (non-hydrogen) atoms. The number of aromatic nitrogens is 3. The summed E-state index contributed by atoms with van der Waals surface area (Å²) in [6, 6.07) is 12.4. The van der Waals surface area contributed by atoms with Crippen LogP contribution in [0.2, 0.25) is 5.02 Å². The number of ether oxygens (including phenoxy) is 1. The maximum atomic E-state index is 13.4. The van der Waals surface area contributed by atoms with E-state index < -0.39 is 11.3 Å². The van der Waals surface area contributed by atoms with Crippen molar-refractivity contribution in [2.75, 3.05) is 5.32 Å². The molecule has 1 unspecified atom stereocenters. The van der Waals surface area contributed by atoms with E-state index in [9.17, 15) is 10.1 Å². The van der Waals surface area contributed by atoms with E-state index in [0.29, 0.717) is 33.3 Å². The van der Waals surface area contributed by atoms with Gasteiger partial charge in [0.05, 0.1) is 11.3 Å². The summed E-state index contributed by atoms with van der Waals surface area (Å²) in [6.07, 6.45) is 1.62. The zero-order valence-corrected chi connectivity index (χ0v) is 15.9. The zero-order chi connectivity index (χ0) is 20.3. The summed E-state index contributed by atoms with van der Waals surface area (Å²) in [5.74, 6) is 0.146. The number of nitrogens with zero attached hydrogens (tertiary/aromatic N) is 4. The zero-order valence-electron chi connectivity index (χ0n) is 15.1. The highest BCUT2D eigenvalue weighted by molar-refractivity contribution is 6.31. The smallest absolute Gasteiger partial charge is 0.245 e. The van der Waals surface area contributed by atoms with Crippen molar-refractivity contribution in [1.29, 1.82) is 5.26 Å². The number of halogens is 1. The highest BCUT2D eigenvalue weighted by atomic mass is 35.5. The van der Waals surface area contributed by atoms with Gasteiger partial charge < -0.3 is 15.8 Å². The third-order valence-electron chi connectivity index (χ3n) is 5.17. The second-order valence-corrected chi connectivity index (χ2v) is 7.15. The van der Waals surface area contributed by atoms with Crippen molar-refractivity contribution in [2.45, 2.75) is 12.3 Å². The molecule has 142 valence electrons. The number of aryl methyl sites for hydroxylation is 1. The largest absolute Gasteiger partial charge is 0.422 e. The Labute approximate surface area is 170 Å². The number of amides is 1. The number of nitriles is 1. The minimum Gasteiger partial charge on any atom is -0.422 e. The van der Waals surface area contributed by atoms with Gasteiger partial charge in [-0.25, -0.2) is 4.98 Å². The SMILES string of the molecule is Cc1nn(-c2ccccn2)c2c1C1(C(=O)Nc3ccc(Cl)cc31)C(C#N)=C(N)O2. The Morgan fingerprint density at radius 3 is 2.90 bits per heavy atom. The van der Waals surface area contributed by atoms with Crippen LogP contribution in [0.3, 0.4) is 0 Å². The van der Waals surface area contributed by atoms with Crippen molar-refractivity contribution in [2.24, 2.45) is 5.73 Å². The lowest BCUT2D eigenvalue weighted by Gasteiger charge is -2.32. The van der Waals surface area contributed by atoms with Crippen LogP contribution in [0, 0.1) is 18.3 Å². The first-order valence-electron chi connectivity index (χ1n) is 8.69. The second kappa shape index (κ2) is 5.83. The van der Waals surface area contributed by atoms with Gasteiger partial charge >= 0.3 is 0 Å². The van der Waals surface area contributed by atoms with E-state index in [0.717, 1.165) is 0 Å². The Kier molecular flexibility index (Phi) is 3.48. The molecule has 0 saturated heterocycles. The number of pyridine rings is 1. The average Bonchev–Trinajstić information content (AvgIpc) is 3.18. The van der Waals surface area contributed by atoms with Crippen LogP contribution in [0.5, 0.6) is 5.88 Å². The number of rotatable bonds is 1. The van der Waals surface area contributed by atoms with Crippen molar-refractivity contribution in [3.05, 3.63) is 75.9 Å². The van der Waals surface area contributed by atoms with Crippen LogP contribution >= 0.6 is 11.6 Å². The lowest BCUT2D eigenvalue weighted by molar-refractivity contribution is -0.118. The molecule has 4 heterocycles. The van der Waals surface area contributed by atoms with Gasteiger partial charge in [-0.15, -0.1) is 0 Å². The fraction of sp³-hybridized carbons (Fsp3) is 0.100. The van der Waals surface area contributed by atoms with Gasteiger partial charge in [-0.3, -0.25) is 4.79 Å². The summed E-state index contributed by atoms with van der Waals surface area (Å²) >= 11 is 6.24.